The Hall–Kier alpha value is -2.66. The number of anilines is 1. The Morgan fingerprint density at radius 1 is 1.38 bits per heavy atom. The molecule has 204 valence electrons. The van der Waals surface area contributed by atoms with E-state index in [1.807, 2.05) is 4.90 Å². The number of carbonyl (C=O) groups is 2. The average molecular weight is 538 g/mol. The van der Waals surface area contributed by atoms with E-state index in [1.165, 1.54) is 25.1 Å². The van der Waals surface area contributed by atoms with E-state index in [0.29, 0.717) is 22.4 Å². The largest absolute Gasteiger partial charge is 0.389 e. The van der Waals surface area contributed by atoms with Gasteiger partial charge in [0, 0.05) is 42.0 Å². The van der Waals surface area contributed by atoms with Crippen molar-refractivity contribution in [3.63, 3.8) is 0 Å². The van der Waals surface area contributed by atoms with Crippen molar-refractivity contribution < 1.29 is 23.5 Å². The lowest BCUT2D eigenvalue weighted by Crippen LogP contribution is -2.41. The summed E-state index contributed by atoms with van der Waals surface area (Å²) < 4.78 is 27.6. The van der Waals surface area contributed by atoms with Gasteiger partial charge in [-0.15, -0.1) is 11.3 Å². The summed E-state index contributed by atoms with van der Waals surface area (Å²) in [6, 6.07) is 1.88. The Labute approximate surface area is 220 Å². The summed E-state index contributed by atoms with van der Waals surface area (Å²) in [6.45, 7) is 9.99. The Morgan fingerprint density at radius 2 is 2.08 bits per heavy atom. The van der Waals surface area contributed by atoms with Gasteiger partial charge in [-0.3, -0.25) is 9.59 Å². The SMILES string of the molecule is CC1CCCN1C=O.Cc1nc(C(=O)NCC(C)(C)O)sc1-c1cnc(NC2(C)CCC2)cc1C(F)F. The van der Waals surface area contributed by atoms with Crippen LogP contribution in [0.3, 0.4) is 0 Å². The molecule has 37 heavy (non-hydrogen) atoms. The molecule has 2 fully saturated rings. The first kappa shape index (κ1) is 28.9. The van der Waals surface area contributed by atoms with Gasteiger partial charge in [0.1, 0.15) is 5.82 Å². The van der Waals surface area contributed by atoms with Crippen molar-refractivity contribution in [2.45, 2.75) is 90.3 Å². The van der Waals surface area contributed by atoms with Crippen LogP contribution in [0.4, 0.5) is 14.6 Å². The molecular formula is C26H37F2N5O3S. The number of carbonyl (C=O) groups excluding carboxylic acids is 2. The van der Waals surface area contributed by atoms with Gasteiger partial charge in [0.25, 0.3) is 12.3 Å². The van der Waals surface area contributed by atoms with Crippen LogP contribution in [0.25, 0.3) is 10.4 Å². The van der Waals surface area contributed by atoms with Crippen LogP contribution in [0.1, 0.15) is 87.3 Å². The third kappa shape index (κ3) is 7.67. The van der Waals surface area contributed by atoms with Crippen molar-refractivity contribution >= 4 is 29.5 Å². The second-order valence-corrected chi connectivity index (χ2v) is 11.8. The van der Waals surface area contributed by atoms with E-state index in [2.05, 4.69) is 34.4 Å². The molecule has 1 aliphatic heterocycles. The average Bonchev–Trinajstić information content (AvgIpc) is 3.41. The van der Waals surface area contributed by atoms with Crippen molar-refractivity contribution in [2.24, 2.45) is 0 Å². The van der Waals surface area contributed by atoms with Gasteiger partial charge >= 0.3 is 0 Å². The zero-order valence-corrected chi connectivity index (χ0v) is 22.9. The Balaban J connectivity index is 0.000000405. The molecule has 8 nitrogen and oxygen atoms in total. The molecule has 3 heterocycles. The second-order valence-electron chi connectivity index (χ2n) is 10.8. The second kappa shape index (κ2) is 11.8. The number of aliphatic hydroxyl groups is 1. The van der Waals surface area contributed by atoms with E-state index in [0.717, 1.165) is 43.6 Å². The lowest BCUT2D eigenvalue weighted by atomic mass is 9.78. The molecular weight excluding hydrogens is 500 g/mol. The van der Waals surface area contributed by atoms with Crippen LogP contribution in [0.5, 0.6) is 0 Å². The number of aromatic nitrogens is 2. The Kier molecular flexibility index (Phi) is 9.22. The lowest BCUT2D eigenvalue weighted by molar-refractivity contribution is -0.118. The molecule has 2 aromatic heterocycles. The number of likely N-dealkylation sites (tertiary alicyclic amines) is 1. The van der Waals surface area contributed by atoms with Crippen LogP contribution < -0.4 is 10.6 Å². The number of pyridine rings is 1. The van der Waals surface area contributed by atoms with Gasteiger partial charge in [0.05, 0.1) is 16.2 Å². The minimum Gasteiger partial charge on any atom is -0.389 e. The predicted octanol–water partition coefficient (Wildman–Crippen LogP) is 4.93. The van der Waals surface area contributed by atoms with Gasteiger partial charge in [-0.1, -0.05) is 0 Å². The Bertz CT molecular complexity index is 1100. The maximum absolute atomic E-state index is 13.8. The summed E-state index contributed by atoms with van der Waals surface area (Å²) in [6.07, 6.45) is 5.12. The molecule has 0 spiro atoms. The van der Waals surface area contributed by atoms with Gasteiger partial charge in [-0.25, -0.2) is 18.7 Å². The normalized spacial score (nSPS) is 18.6. The van der Waals surface area contributed by atoms with Crippen molar-refractivity contribution in [1.82, 2.24) is 20.2 Å². The minimum atomic E-state index is -2.68. The van der Waals surface area contributed by atoms with Gasteiger partial charge in [0.2, 0.25) is 6.41 Å². The molecule has 1 unspecified atom stereocenters. The van der Waals surface area contributed by atoms with Crippen molar-refractivity contribution in [3.05, 3.63) is 28.5 Å². The lowest BCUT2D eigenvalue weighted by Gasteiger charge is -2.39. The highest BCUT2D eigenvalue weighted by Crippen LogP contribution is 2.39. The summed E-state index contributed by atoms with van der Waals surface area (Å²) in [5.74, 6) is -0.0224. The van der Waals surface area contributed by atoms with Gasteiger partial charge in [0.15, 0.2) is 5.01 Å². The highest BCUT2D eigenvalue weighted by atomic mass is 32.1. The molecule has 2 aromatic rings. The molecule has 0 bridgehead atoms. The molecule has 0 aromatic carbocycles. The van der Waals surface area contributed by atoms with E-state index in [4.69, 9.17) is 0 Å². The zero-order valence-electron chi connectivity index (χ0n) is 22.1. The number of rotatable bonds is 8. The number of hydrogen-bond acceptors (Lipinski definition) is 7. The van der Waals surface area contributed by atoms with E-state index >= 15 is 0 Å². The first-order valence-electron chi connectivity index (χ1n) is 12.6. The summed E-state index contributed by atoms with van der Waals surface area (Å²) in [4.78, 5) is 33.3. The quantitative estimate of drug-likeness (QED) is 0.412. The highest BCUT2D eigenvalue weighted by molar-refractivity contribution is 7.17. The fourth-order valence-electron chi connectivity index (χ4n) is 4.28. The number of halogens is 2. The molecule has 1 aliphatic carbocycles. The summed E-state index contributed by atoms with van der Waals surface area (Å²) >= 11 is 1.04. The molecule has 4 rings (SSSR count). The molecule has 1 saturated heterocycles. The molecule has 1 saturated carbocycles. The molecule has 0 radical (unpaired) electrons. The van der Waals surface area contributed by atoms with Crippen LogP contribution >= 0.6 is 11.3 Å². The standard InChI is InChI=1S/C20H26F2N4O2S.C6H11NO/c1-11-15(29-18(25-11)17(27)24-10-19(2,3)28)13-9-23-14(8-12(13)16(21)22)26-20(4)6-5-7-20;1-6-3-2-4-7(6)5-8/h8-9,16,28H,5-7,10H2,1-4H3,(H,23,26)(H,24,27);5-6H,2-4H2,1H3. The van der Waals surface area contributed by atoms with E-state index in [9.17, 15) is 23.5 Å². The minimum absolute atomic E-state index is 0.0583. The van der Waals surface area contributed by atoms with Crippen LogP contribution in [0.2, 0.25) is 0 Å². The highest BCUT2D eigenvalue weighted by Gasteiger charge is 2.32. The number of amides is 2. The smallest absolute Gasteiger partial charge is 0.280 e. The molecule has 2 amide bonds. The van der Waals surface area contributed by atoms with Crippen LogP contribution in [-0.2, 0) is 4.79 Å². The van der Waals surface area contributed by atoms with Crippen LogP contribution in [-0.4, -0.2) is 62.6 Å². The third-order valence-corrected chi connectivity index (χ3v) is 7.90. The molecule has 3 N–H and O–H groups in total. The monoisotopic (exact) mass is 537 g/mol. The van der Waals surface area contributed by atoms with Crippen LogP contribution in [0.15, 0.2) is 12.3 Å². The number of aryl methyl sites for hydroxylation is 1. The van der Waals surface area contributed by atoms with Crippen molar-refractivity contribution in [1.29, 1.82) is 0 Å². The fourth-order valence-corrected chi connectivity index (χ4v) is 5.29. The summed E-state index contributed by atoms with van der Waals surface area (Å²) in [5, 5.41) is 15.8. The van der Waals surface area contributed by atoms with Crippen LogP contribution in [0, 0.1) is 6.92 Å². The maximum Gasteiger partial charge on any atom is 0.280 e. The van der Waals surface area contributed by atoms with Gasteiger partial charge in [-0.2, -0.15) is 0 Å². The number of alkyl halides is 2. The first-order chi connectivity index (χ1) is 17.3. The number of thiazole rings is 1. The van der Waals surface area contributed by atoms with Crippen molar-refractivity contribution in [2.75, 3.05) is 18.4 Å². The van der Waals surface area contributed by atoms with Crippen molar-refractivity contribution in [3.8, 4) is 10.4 Å². The third-order valence-electron chi connectivity index (χ3n) is 6.71. The summed E-state index contributed by atoms with van der Waals surface area (Å²) in [7, 11) is 0. The van der Waals surface area contributed by atoms with E-state index < -0.39 is 17.9 Å². The van der Waals surface area contributed by atoms with Gasteiger partial charge < -0.3 is 20.6 Å². The Morgan fingerprint density at radius 3 is 2.57 bits per heavy atom. The van der Waals surface area contributed by atoms with E-state index in [1.54, 1.807) is 20.8 Å². The summed E-state index contributed by atoms with van der Waals surface area (Å²) in [5.41, 5.74) is -0.530. The topological polar surface area (TPSA) is 107 Å². The molecule has 11 heteroatoms. The van der Waals surface area contributed by atoms with Gasteiger partial charge in [-0.05, 0) is 72.8 Å². The maximum atomic E-state index is 13.8. The molecule has 1 atom stereocenters. The zero-order chi connectivity index (χ0) is 27.4. The number of hydrogen-bond donors (Lipinski definition) is 3. The number of nitrogens with zero attached hydrogens (tertiary/aromatic N) is 3. The van der Waals surface area contributed by atoms with E-state index in [-0.39, 0.29) is 28.2 Å². The fraction of sp³-hybridized carbons (Fsp3) is 0.615. The predicted molar refractivity (Wildman–Crippen MR) is 141 cm³/mol. The molecule has 2 aliphatic rings. The number of nitrogens with one attached hydrogen (secondary N) is 2. The first-order valence-corrected chi connectivity index (χ1v) is 13.4.